The Bertz CT molecular complexity index is 1270. The lowest BCUT2D eigenvalue weighted by molar-refractivity contribution is -0.117. The lowest BCUT2D eigenvalue weighted by Gasteiger charge is -2.19. The fourth-order valence-corrected chi connectivity index (χ4v) is 4.49. The van der Waals surface area contributed by atoms with Crippen LogP contribution >= 0.6 is 11.6 Å². The Balaban J connectivity index is 1.91. The van der Waals surface area contributed by atoms with Crippen molar-refractivity contribution in [3.05, 3.63) is 88.7 Å². The summed E-state index contributed by atoms with van der Waals surface area (Å²) in [5.74, 6) is -5.52. The summed E-state index contributed by atoms with van der Waals surface area (Å²) in [4.78, 5) is 12.6. The van der Waals surface area contributed by atoms with Crippen molar-refractivity contribution in [1.29, 1.82) is 0 Å². The predicted octanol–water partition coefficient (Wildman–Crippen LogP) is 4.29. The normalized spacial score (nSPS) is 12.3. The molecule has 0 radical (unpaired) electrons. The molecule has 1 atom stereocenters. The fraction of sp³-hybridized carbons (Fsp3) is 0.136. The highest BCUT2D eigenvalue weighted by Crippen LogP contribution is 2.27. The summed E-state index contributed by atoms with van der Waals surface area (Å²) in [6.45, 7) is 0. The van der Waals surface area contributed by atoms with Crippen LogP contribution in [0.2, 0.25) is 5.02 Å². The number of nitrogens with one attached hydrogen (secondary N) is 2. The maximum absolute atomic E-state index is 14.0. The Kier molecular flexibility index (Phi) is 7.62. The second kappa shape index (κ2) is 10.2. The summed E-state index contributed by atoms with van der Waals surface area (Å²) in [5, 5.41) is 2.14. The van der Waals surface area contributed by atoms with E-state index in [0.29, 0.717) is 11.6 Å². The highest BCUT2D eigenvalue weighted by Gasteiger charge is 2.28. The van der Waals surface area contributed by atoms with E-state index in [1.807, 2.05) is 0 Å². The first-order valence-corrected chi connectivity index (χ1v) is 11.3. The van der Waals surface area contributed by atoms with E-state index in [9.17, 15) is 26.4 Å². The minimum atomic E-state index is -4.27. The van der Waals surface area contributed by atoms with Gasteiger partial charge >= 0.3 is 0 Å². The fourth-order valence-electron chi connectivity index (χ4n) is 2.95. The number of methoxy groups -OCH3 is 1. The van der Waals surface area contributed by atoms with Crippen molar-refractivity contribution < 1.29 is 31.1 Å². The molecule has 0 unspecified atom stereocenters. The Hall–Kier alpha value is -3.08. The summed E-state index contributed by atoms with van der Waals surface area (Å²) in [6, 6.07) is 12.2. The second-order valence-electron chi connectivity index (χ2n) is 6.87. The largest absolute Gasteiger partial charge is 0.495 e. The predicted molar refractivity (Wildman–Crippen MR) is 117 cm³/mol. The third-order valence-corrected chi connectivity index (χ3v) is 6.39. The van der Waals surface area contributed by atoms with Crippen molar-refractivity contribution in [3.63, 3.8) is 0 Å². The van der Waals surface area contributed by atoms with E-state index >= 15 is 0 Å². The van der Waals surface area contributed by atoms with Gasteiger partial charge in [0.1, 0.15) is 11.8 Å². The zero-order chi connectivity index (χ0) is 24.2. The second-order valence-corrected chi connectivity index (χ2v) is 8.99. The van der Waals surface area contributed by atoms with Crippen molar-refractivity contribution in [2.75, 3.05) is 12.4 Å². The molecule has 0 saturated heterocycles. The topological polar surface area (TPSA) is 84.5 Å². The van der Waals surface area contributed by atoms with Crippen molar-refractivity contribution >= 4 is 33.2 Å². The van der Waals surface area contributed by atoms with E-state index in [0.717, 1.165) is 12.1 Å². The van der Waals surface area contributed by atoms with Gasteiger partial charge in [0.15, 0.2) is 17.5 Å². The molecule has 0 aromatic heterocycles. The molecule has 0 aliphatic heterocycles. The van der Waals surface area contributed by atoms with Crippen LogP contribution in [-0.4, -0.2) is 27.5 Å². The van der Waals surface area contributed by atoms with Gasteiger partial charge < -0.3 is 10.1 Å². The molecule has 6 nitrogen and oxygen atoms in total. The number of sulfonamides is 1. The number of carbonyl (C=O) groups is 1. The first-order valence-electron chi connectivity index (χ1n) is 9.46. The Morgan fingerprint density at radius 3 is 2.36 bits per heavy atom. The summed E-state index contributed by atoms with van der Waals surface area (Å²) in [5.41, 5.74) is -0.0393. The van der Waals surface area contributed by atoms with Gasteiger partial charge in [-0.25, -0.2) is 21.6 Å². The Labute approximate surface area is 193 Å². The third kappa shape index (κ3) is 5.84. The molecule has 0 bridgehead atoms. The molecule has 0 aliphatic rings. The lowest BCUT2D eigenvalue weighted by atomic mass is 10.1. The zero-order valence-corrected chi connectivity index (χ0v) is 18.7. The molecule has 3 rings (SSSR count). The number of carbonyl (C=O) groups excluding carboxylic acids is 1. The SMILES string of the molecule is COc1ccc(S(=O)(=O)N[C@@H](Cc2ccccc2)C(=O)Nc2ccc(F)c(F)c2F)cc1Cl. The van der Waals surface area contributed by atoms with Crippen LogP contribution in [0.4, 0.5) is 18.9 Å². The van der Waals surface area contributed by atoms with E-state index in [1.54, 1.807) is 30.3 Å². The van der Waals surface area contributed by atoms with Crippen LogP contribution in [0.3, 0.4) is 0 Å². The number of benzene rings is 3. The molecular weight excluding hydrogens is 481 g/mol. The van der Waals surface area contributed by atoms with Crippen LogP contribution in [-0.2, 0) is 21.2 Å². The Morgan fingerprint density at radius 2 is 1.73 bits per heavy atom. The van der Waals surface area contributed by atoms with E-state index < -0.39 is 45.1 Å². The molecule has 3 aromatic carbocycles. The van der Waals surface area contributed by atoms with Gasteiger partial charge in [0, 0.05) is 0 Å². The number of halogens is 4. The van der Waals surface area contributed by atoms with Crippen LogP contribution in [0.25, 0.3) is 0 Å². The third-order valence-electron chi connectivity index (χ3n) is 4.62. The molecule has 0 fully saturated rings. The van der Waals surface area contributed by atoms with E-state index in [1.165, 1.54) is 19.2 Å². The van der Waals surface area contributed by atoms with Gasteiger partial charge in [-0.1, -0.05) is 41.9 Å². The van der Waals surface area contributed by atoms with E-state index in [-0.39, 0.29) is 22.1 Å². The molecule has 33 heavy (non-hydrogen) atoms. The molecule has 2 N–H and O–H groups in total. The standard InChI is InChI=1S/C22H18ClF3N2O4S/c1-32-19-10-7-14(12-15(19)23)33(30,31)28-18(11-13-5-3-2-4-6-13)22(29)27-17-9-8-16(24)20(25)21(17)26/h2-10,12,18,28H,11H2,1H3,(H,27,29)/t18-/m0/s1. The Morgan fingerprint density at radius 1 is 1.03 bits per heavy atom. The van der Waals surface area contributed by atoms with Crippen LogP contribution in [0.1, 0.15) is 5.56 Å². The highest BCUT2D eigenvalue weighted by atomic mass is 35.5. The first-order chi connectivity index (χ1) is 15.6. The van der Waals surface area contributed by atoms with Crippen LogP contribution < -0.4 is 14.8 Å². The quantitative estimate of drug-likeness (QED) is 0.454. The van der Waals surface area contributed by atoms with Gasteiger partial charge in [0.25, 0.3) is 0 Å². The van der Waals surface area contributed by atoms with Crippen molar-refractivity contribution in [2.45, 2.75) is 17.4 Å². The van der Waals surface area contributed by atoms with Gasteiger partial charge in [-0.2, -0.15) is 4.72 Å². The van der Waals surface area contributed by atoms with Gasteiger partial charge in [-0.15, -0.1) is 0 Å². The maximum atomic E-state index is 14.0. The number of rotatable bonds is 8. The first kappa shape index (κ1) is 24.6. The molecule has 1 amide bonds. The molecule has 3 aromatic rings. The number of amides is 1. The molecule has 0 saturated carbocycles. The molecule has 0 spiro atoms. The molecule has 0 heterocycles. The number of anilines is 1. The maximum Gasteiger partial charge on any atom is 0.242 e. The van der Waals surface area contributed by atoms with E-state index in [2.05, 4.69) is 10.0 Å². The van der Waals surface area contributed by atoms with Gasteiger partial charge in [-0.3, -0.25) is 4.79 Å². The average molecular weight is 499 g/mol. The van der Waals surface area contributed by atoms with Gasteiger partial charge in [0.05, 0.1) is 22.7 Å². The minimum absolute atomic E-state index is 0.0355. The number of ether oxygens (including phenoxy) is 1. The molecule has 0 aliphatic carbocycles. The summed E-state index contributed by atoms with van der Waals surface area (Å²) in [6.07, 6.45) is -0.110. The lowest BCUT2D eigenvalue weighted by Crippen LogP contribution is -2.45. The monoisotopic (exact) mass is 498 g/mol. The van der Waals surface area contributed by atoms with Crippen LogP contribution in [0.5, 0.6) is 5.75 Å². The highest BCUT2D eigenvalue weighted by molar-refractivity contribution is 7.89. The van der Waals surface area contributed by atoms with Crippen molar-refractivity contribution in [2.24, 2.45) is 0 Å². The van der Waals surface area contributed by atoms with Crippen molar-refractivity contribution in [3.8, 4) is 5.75 Å². The summed E-state index contributed by atoms with van der Waals surface area (Å²) in [7, 11) is -2.90. The molecule has 11 heteroatoms. The summed E-state index contributed by atoms with van der Waals surface area (Å²) < 4.78 is 73.9. The smallest absolute Gasteiger partial charge is 0.242 e. The van der Waals surface area contributed by atoms with Crippen LogP contribution in [0, 0.1) is 17.5 Å². The van der Waals surface area contributed by atoms with Gasteiger partial charge in [-0.05, 0) is 42.3 Å². The van der Waals surface area contributed by atoms with Crippen LogP contribution in [0.15, 0.2) is 65.6 Å². The molecular formula is C22H18ClF3N2O4S. The van der Waals surface area contributed by atoms with Crippen molar-refractivity contribution in [1.82, 2.24) is 4.72 Å². The van der Waals surface area contributed by atoms with E-state index in [4.69, 9.17) is 16.3 Å². The average Bonchev–Trinajstić information content (AvgIpc) is 2.79. The summed E-state index contributed by atoms with van der Waals surface area (Å²) >= 11 is 6.01. The zero-order valence-electron chi connectivity index (χ0n) is 17.1. The number of hydrogen-bond donors (Lipinski definition) is 2. The van der Waals surface area contributed by atoms with Gasteiger partial charge in [0.2, 0.25) is 15.9 Å². The number of hydrogen-bond acceptors (Lipinski definition) is 4. The minimum Gasteiger partial charge on any atom is -0.495 e. The molecule has 174 valence electrons.